The van der Waals surface area contributed by atoms with Gasteiger partial charge in [0, 0.05) is 5.69 Å². The molecule has 0 aliphatic rings. The lowest BCUT2D eigenvalue weighted by Crippen LogP contribution is -1.98. The van der Waals surface area contributed by atoms with Crippen molar-refractivity contribution in [2.45, 2.75) is 45.4 Å². The highest BCUT2D eigenvalue weighted by atomic mass is 14.5. The summed E-state index contributed by atoms with van der Waals surface area (Å²) in [6.07, 6.45) is 5.10. The molecule has 2 N–H and O–H groups in total. The number of hydrogen-bond acceptors (Lipinski definition) is 1. The first-order valence-corrected chi connectivity index (χ1v) is 5.63. The van der Waals surface area contributed by atoms with Gasteiger partial charge >= 0.3 is 0 Å². The van der Waals surface area contributed by atoms with E-state index in [0.29, 0.717) is 0 Å². The number of hydrogen-bond donors (Lipinski definition) is 1. The molecule has 0 spiro atoms. The second-order valence-electron chi connectivity index (χ2n) is 3.94. The molecule has 14 heavy (non-hydrogen) atoms. The van der Waals surface area contributed by atoms with Gasteiger partial charge in [-0.15, -0.1) is 0 Å². The lowest BCUT2D eigenvalue weighted by atomic mass is 9.90. The maximum Gasteiger partial charge on any atom is 0.0314 e. The molecule has 0 amide bonds. The average molecular weight is 191 g/mol. The van der Waals surface area contributed by atoms with E-state index in [1.807, 2.05) is 12.1 Å². The first-order valence-electron chi connectivity index (χ1n) is 5.63. The van der Waals surface area contributed by atoms with Crippen molar-refractivity contribution in [2.75, 3.05) is 5.73 Å². The predicted octanol–water partition coefficient (Wildman–Crippen LogP) is 3.95. The van der Waals surface area contributed by atoms with Gasteiger partial charge < -0.3 is 5.73 Å². The first-order chi connectivity index (χ1) is 6.77. The highest BCUT2D eigenvalue weighted by Gasteiger charge is 2.08. The number of nitrogen functional groups attached to an aromatic ring is 1. The van der Waals surface area contributed by atoms with E-state index in [9.17, 15) is 0 Å². The maximum atomic E-state index is 5.67. The summed E-state index contributed by atoms with van der Waals surface area (Å²) in [4.78, 5) is 0. The lowest BCUT2D eigenvalue weighted by molar-refractivity contribution is 0.561. The minimum atomic E-state index is 0.727. The topological polar surface area (TPSA) is 26.0 Å². The molecule has 0 aliphatic heterocycles. The third kappa shape index (κ3) is 3.06. The molecule has 1 aromatic rings. The predicted molar refractivity (Wildman–Crippen MR) is 63.4 cm³/mol. The van der Waals surface area contributed by atoms with Crippen molar-refractivity contribution in [3.05, 3.63) is 29.8 Å². The van der Waals surface area contributed by atoms with E-state index in [-0.39, 0.29) is 0 Å². The second-order valence-corrected chi connectivity index (χ2v) is 3.94. The van der Waals surface area contributed by atoms with Gasteiger partial charge in [-0.2, -0.15) is 0 Å². The van der Waals surface area contributed by atoms with E-state index in [0.717, 1.165) is 11.6 Å². The number of anilines is 1. The van der Waals surface area contributed by atoms with Crippen LogP contribution in [-0.4, -0.2) is 0 Å². The summed E-state index contributed by atoms with van der Waals surface area (Å²) in [5, 5.41) is 0. The standard InChI is InChI=1S/C13H21N/c1-3-5-11(6-4-2)12-7-9-13(14)10-8-12/h7-11H,3-6,14H2,1-2H3. The molecular weight excluding hydrogens is 170 g/mol. The van der Waals surface area contributed by atoms with Crippen LogP contribution in [0.5, 0.6) is 0 Å². The number of nitrogens with two attached hydrogens (primary N) is 1. The van der Waals surface area contributed by atoms with Gasteiger partial charge in [-0.25, -0.2) is 0 Å². The van der Waals surface area contributed by atoms with Crippen LogP contribution in [0, 0.1) is 0 Å². The van der Waals surface area contributed by atoms with Crippen molar-refractivity contribution >= 4 is 5.69 Å². The molecule has 0 saturated heterocycles. The van der Waals surface area contributed by atoms with Crippen LogP contribution in [0.1, 0.15) is 51.0 Å². The third-order valence-electron chi connectivity index (χ3n) is 2.68. The Balaban J connectivity index is 2.71. The monoisotopic (exact) mass is 191 g/mol. The fourth-order valence-electron chi connectivity index (χ4n) is 1.94. The van der Waals surface area contributed by atoms with E-state index < -0.39 is 0 Å². The largest absolute Gasteiger partial charge is 0.399 e. The summed E-state index contributed by atoms with van der Waals surface area (Å²) in [7, 11) is 0. The van der Waals surface area contributed by atoms with Crippen molar-refractivity contribution in [1.82, 2.24) is 0 Å². The fraction of sp³-hybridized carbons (Fsp3) is 0.538. The van der Waals surface area contributed by atoms with Crippen molar-refractivity contribution in [3.8, 4) is 0 Å². The molecule has 0 heterocycles. The van der Waals surface area contributed by atoms with Crippen molar-refractivity contribution in [2.24, 2.45) is 0 Å². The minimum Gasteiger partial charge on any atom is -0.399 e. The van der Waals surface area contributed by atoms with Crippen LogP contribution in [0.15, 0.2) is 24.3 Å². The Labute approximate surface area is 87.3 Å². The lowest BCUT2D eigenvalue weighted by Gasteiger charge is -2.15. The summed E-state index contributed by atoms with van der Waals surface area (Å²) >= 11 is 0. The van der Waals surface area contributed by atoms with Crippen LogP contribution in [0.25, 0.3) is 0 Å². The van der Waals surface area contributed by atoms with E-state index in [4.69, 9.17) is 5.73 Å². The van der Waals surface area contributed by atoms with Crippen LogP contribution >= 0.6 is 0 Å². The van der Waals surface area contributed by atoms with Gasteiger partial charge in [0.25, 0.3) is 0 Å². The quantitative estimate of drug-likeness (QED) is 0.701. The van der Waals surface area contributed by atoms with Crippen LogP contribution in [-0.2, 0) is 0 Å². The molecule has 1 aromatic carbocycles. The maximum absolute atomic E-state index is 5.67. The molecule has 0 saturated carbocycles. The SMILES string of the molecule is CCCC(CCC)c1ccc(N)cc1. The van der Waals surface area contributed by atoms with E-state index >= 15 is 0 Å². The zero-order valence-electron chi connectivity index (χ0n) is 9.29. The average Bonchev–Trinajstić information content (AvgIpc) is 2.19. The highest BCUT2D eigenvalue weighted by molar-refractivity contribution is 5.40. The molecule has 1 heteroatoms. The Morgan fingerprint density at radius 3 is 1.93 bits per heavy atom. The molecule has 0 unspecified atom stereocenters. The Hall–Kier alpha value is -0.980. The van der Waals surface area contributed by atoms with Gasteiger partial charge in [0.2, 0.25) is 0 Å². The number of benzene rings is 1. The van der Waals surface area contributed by atoms with E-state index in [1.165, 1.54) is 31.2 Å². The molecule has 1 rings (SSSR count). The molecule has 1 nitrogen and oxygen atoms in total. The van der Waals surface area contributed by atoms with Gasteiger partial charge in [0.15, 0.2) is 0 Å². The second kappa shape index (κ2) is 5.69. The smallest absolute Gasteiger partial charge is 0.0314 e. The Bertz CT molecular complexity index is 244. The van der Waals surface area contributed by atoms with Gasteiger partial charge in [-0.05, 0) is 36.5 Å². The summed E-state index contributed by atoms with van der Waals surface area (Å²) in [6.45, 7) is 4.50. The Morgan fingerprint density at radius 1 is 1.00 bits per heavy atom. The molecule has 0 aromatic heterocycles. The van der Waals surface area contributed by atoms with E-state index in [2.05, 4.69) is 26.0 Å². The molecule has 0 atom stereocenters. The summed E-state index contributed by atoms with van der Waals surface area (Å²) in [5.41, 5.74) is 7.98. The molecule has 78 valence electrons. The highest BCUT2D eigenvalue weighted by Crippen LogP contribution is 2.26. The van der Waals surface area contributed by atoms with Crippen LogP contribution in [0.2, 0.25) is 0 Å². The summed E-state index contributed by atoms with van der Waals surface area (Å²) in [5.74, 6) is 0.727. The zero-order chi connectivity index (χ0) is 10.4. The normalized spacial score (nSPS) is 10.8. The van der Waals surface area contributed by atoms with Crippen LogP contribution in [0.4, 0.5) is 5.69 Å². The summed E-state index contributed by atoms with van der Waals surface area (Å²) < 4.78 is 0. The van der Waals surface area contributed by atoms with Crippen LogP contribution in [0.3, 0.4) is 0 Å². The van der Waals surface area contributed by atoms with E-state index in [1.54, 1.807) is 0 Å². The molecule has 0 aliphatic carbocycles. The first kappa shape index (κ1) is 11.1. The Kier molecular flexibility index (Phi) is 4.51. The van der Waals surface area contributed by atoms with Crippen molar-refractivity contribution in [3.63, 3.8) is 0 Å². The molecular formula is C13H21N. The molecule has 0 radical (unpaired) electrons. The van der Waals surface area contributed by atoms with Crippen LogP contribution < -0.4 is 5.73 Å². The van der Waals surface area contributed by atoms with Crippen molar-refractivity contribution < 1.29 is 0 Å². The zero-order valence-corrected chi connectivity index (χ0v) is 9.29. The van der Waals surface area contributed by atoms with Gasteiger partial charge in [0.05, 0.1) is 0 Å². The fourth-order valence-corrected chi connectivity index (χ4v) is 1.94. The molecule has 0 fully saturated rings. The van der Waals surface area contributed by atoms with Gasteiger partial charge in [-0.1, -0.05) is 38.8 Å². The van der Waals surface area contributed by atoms with Gasteiger partial charge in [0.1, 0.15) is 0 Å². The third-order valence-corrected chi connectivity index (χ3v) is 2.68. The molecule has 0 bridgehead atoms. The van der Waals surface area contributed by atoms with Gasteiger partial charge in [-0.3, -0.25) is 0 Å². The summed E-state index contributed by atoms with van der Waals surface area (Å²) in [6, 6.07) is 8.36. The Morgan fingerprint density at radius 2 is 1.50 bits per heavy atom. The van der Waals surface area contributed by atoms with Crippen molar-refractivity contribution in [1.29, 1.82) is 0 Å². The number of rotatable bonds is 5. The minimum absolute atomic E-state index is 0.727.